The van der Waals surface area contributed by atoms with Crippen LogP contribution in [-0.2, 0) is 17.6 Å². The van der Waals surface area contributed by atoms with Gasteiger partial charge in [-0.05, 0) is 35.6 Å². The summed E-state index contributed by atoms with van der Waals surface area (Å²) in [5.41, 5.74) is 4.83. The van der Waals surface area contributed by atoms with Crippen molar-refractivity contribution in [2.45, 2.75) is 31.4 Å². The van der Waals surface area contributed by atoms with Crippen molar-refractivity contribution >= 4 is 24.0 Å². The lowest BCUT2D eigenvalue weighted by Gasteiger charge is -2.36. The van der Waals surface area contributed by atoms with Gasteiger partial charge in [0.15, 0.2) is 0 Å². The molecule has 1 amide bonds. The van der Waals surface area contributed by atoms with Gasteiger partial charge in [0.1, 0.15) is 0 Å². The Kier molecular flexibility index (Phi) is 5.30. The number of aliphatic hydroxyl groups is 1. The number of nitrogens with one attached hydrogen (secondary N) is 1. The van der Waals surface area contributed by atoms with Crippen molar-refractivity contribution in [3.8, 4) is 0 Å². The number of halogens is 1. The van der Waals surface area contributed by atoms with Crippen molar-refractivity contribution in [2.75, 3.05) is 18.4 Å². The fourth-order valence-electron chi connectivity index (χ4n) is 3.55. The number of hydrogen-bond donors (Lipinski definition) is 2. The minimum Gasteiger partial charge on any atom is -0.389 e. The predicted molar refractivity (Wildman–Crippen MR) is 101 cm³/mol. The average Bonchev–Trinajstić information content (AvgIpc) is 2.59. The Bertz CT molecular complexity index is 745. The molecule has 25 heavy (non-hydrogen) atoms. The fraction of sp³-hybridized carbons (Fsp3) is 0.350. The van der Waals surface area contributed by atoms with E-state index in [1.54, 1.807) is 4.90 Å². The van der Waals surface area contributed by atoms with Crippen LogP contribution in [0.25, 0.3) is 0 Å². The summed E-state index contributed by atoms with van der Waals surface area (Å²) < 4.78 is 0. The molecule has 2 aliphatic heterocycles. The molecule has 1 atom stereocenters. The molecular formula is C20H23ClN2O2. The normalized spacial score (nSPS) is 19.2. The summed E-state index contributed by atoms with van der Waals surface area (Å²) in [5.74, 6) is 0.103. The molecule has 2 N–H and O–H groups in total. The maximum atomic E-state index is 12.1. The van der Waals surface area contributed by atoms with E-state index in [2.05, 4.69) is 41.7 Å². The van der Waals surface area contributed by atoms with Gasteiger partial charge in [-0.2, -0.15) is 0 Å². The molecule has 0 aromatic heterocycles. The summed E-state index contributed by atoms with van der Waals surface area (Å²) >= 11 is 0. The molecule has 2 aromatic rings. The van der Waals surface area contributed by atoms with E-state index in [0.29, 0.717) is 25.6 Å². The fourth-order valence-corrected chi connectivity index (χ4v) is 3.55. The third-order valence-corrected chi connectivity index (χ3v) is 4.97. The smallest absolute Gasteiger partial charge is 0.227 e. The first-order chi connectivity index (χ1) is 11.7. The van der Waals surface area contributed by atoms with E-state index < -0.39 is 0 Å². The summed E-state index contributed by atoms with van der Waals surface area (Å²) in [6.07, 6.45) is 2.16. The van der Waals surface area contributed by atoms with Crippen LogP contribution in [-0.4, -0.2) is 35.1 Å². The summed E-state index contributed by atoms with van der Waals surface area (Å²) in [7, 11) is 0. The summed E-state index contributed by atoms with van der Waals surface area (Å²) in [4.78, 5) is 13.9. The zero-order chi connectivity index (χ0) is 16.5. The number of likely N-dealkylation sites (tertiary alicyclic amines) is 1. The molecule has 0 spiro atoms. The largest absolute Gasteiger partial charge is 0.389 e. The van der Waals surface area contributed by atoms with Crippen molar-refractivity contribution in [3.05, 3.63) is 65.2 Å². The molecule has 1 saturated heterocycles. The second-order valence-electron chi connectivity index (χ2n) is 6.77. The molecule has 5 heteroatoms. The average molecular weight is 359 g/mol. The van der Waals surface area contributed by atoms with Crippen LogP contribution in [0.3, 0.4) is 0 Å². The monoisotopic (exact) mass is 358 g/mol. The van der Waals surface area contributed by atoms with Crippen molar-refractivity contribution in [1.29, 1.82) is 0 Å². The summed E-state index contributed by atoms with van der Waals surface area (Å²) in [6, 6.07) is 17.2. The van der Waals surface area contributed by atoms with E-state index in [0.717, 1.165) is 18.4 Å². The van der Waals surface area contributed by atoms with Gasteiger partial charge in [-0.1, -0.05) is 42.5 Å². The Labute approximate surface area is 154 Å². The number of carbonyl (C=O) groups excluding carboxylic acids is 1. The molecule has 4 rings (SSSR count). The minimum atomic E-state index is -0.336. The first-order valence-corrected chi connectivity index (χ1v) is 8.58. The molecule has 0 saturated carbocycles. The third-order valence-electron chi connectivity index (χ3n) is 4.97. The SMILES string of the molecule is Cl.O=C(Cc1ccc2c(c1)CCC(c1ccccc1)N2)N1CC(O)C1. The van der Waals surface area contributed by atoms with E-state index >= 15 is 0 Å². The van der Waals surface area contributed by atoms with Gasteiger partial charge in [-0.25, -0.2) is 0 Å². The maximum Gasteiger partial charge on any atom is 0.227 e. The van der Waals surface area contributed by atoms with Crippen LogP contribution < -0.4 is 5.32 Å². The number of β-amino-alcohol motifs (C(OH)–C–C–N with tert-alkyl or cyclic N) is 1. The van der Waals surface area contributed by atoms with E-state index in [-0.39, 0.29) is 24.4 Å². The van der Waals surface area contributed by atoms with Crippen molar-refractivity contribution in [2.24, 2.45) is 0 Å². The lowest BCUT2D eigenvalue weighted by molar-refractivity contribution is -0.140. The maximum absolute atomic E-state index is 12.1. The van der Waals surface area contributed by atoms with Gasteiger partial charge in [0, 0.05) is 18.8 Å². The van der Waals surface area contributed by atoms with E-state index in [4.69, 9.17) is 0 Å². The van der Waals surface area contributed by atoms with Gasteiger partial charge in [-0.15, -0.1) is 12.4 Å². The van der Waals surface area contributed by atoms with Gasteiger partial charge in [0.05, 0.1) is 18.6 Å². The Hall–Kier alpha value is -2.04. The number of rotatable bonds is 3. The van der Waals surface area contributed by atoms with Gasteiger partial charge >= 0.3 is 0 Å². The van der Waals surface area contributed by atoms with E-state index in [1.807, 2.05) is 12.1 Å². The molecule has 0 aliphatic carbocycles. The van der Waals surface area contributed by atoms with Crippen LogP contribution in [0.2, 0.25) is 0 Å². The first kappa shape index (κ1) is 17.8. The highest BCUT2D eigenvalue weighted by atomic mass is 35.5. The molecule has 2 aliphatic rings. The molecule has 2 heterocycles. The van der Waals surface area contributed by atoms with Crippen LogP contribution in [0.1, 0.15) is 29.2 Å². The predicted octanol–water partition coefficient (Wildman–Crippen LogP) is 2.95. The molecule has 0 bridgehead atoms. The standard InChI is InChI=1S/C20H22N2O2.ClH/c23-17-12-22(13-17)20(24)11-14-6-8-19-16(10-14)7-9-18(21-19)15-4-2-1-3-5-15;/h1-6,8,10,17-18,21,23H,7,9,11-13H2;1H. The van der Waals surface area contributed by atoms with Crippen molar-refractivity contribution in [1.82, 2.24) is 4.90 Å². The Morgan fingerprint density at radius 1 is 1.16 bits per heavy atom. The zero-order valence-electron chi connectivity index (χ0n) is 14.0. The number of hydrogen-bond acceptors (Lipinski definition) is 3. The molecule has 2 aromatic carbocycles. The third kappa shape index (κ3) is 3.80. The topological polar surface area (TPSA) is 52.6 Å². The lowest BCUT2D eigenvalue weighted by atomic mass is 9.92. The lowest BCUT2D eigenvalue weighted by Crippen LogP contribution is -2.53. The van der Waals surface area contributed by atoms with Gasteiger partial charge < -0.3 is 15.3 Å². The van der Waals surface area contributed by atoms with E-state index in [9.17, 15) is 9.90 Å². The quantitative estimate of drug-likeness (QED) is 0.887. The number of anilines is 1. The number of aliphatic hydroxyl groups excluding tert-OH is 1. The Morgan fingerprint density at radius 3 is 2.64 bits per heavy atom. The number of nitrogens with zero attached hydrogens (tertiary/aromatic N) is 1. The van der Waals surface area contributed by atoms with Crippen LogP contribution in [0.4, 0.5) is 5.69 Å². The van der Waals surface area contributed by atoms with Crippen LogP contribution >= 0.6 is 12.4 Å². The number of benzene rings is 2. The van der Waals surface area contributed by atoms with E-state index in [1.165, 1.54) is 16.8 Å². The number of fused-ring (bicyclic) bond motifs is 1. The number of carbonyl (C=O) groups is 1. The molecule has 0 radical (unpaired) electrons. The Morgan fingerprint density at radius 2 is 1.92 bits per heavy atom. The zero-order valence-corrected chi connectivity index (χ0v) is 14.8. The minimum absolute atomic E-state index is 0. The molecule has 132 valence electrons. The van der Waals surface area contributed by atoms with Gasteiger partial charge in [0.2, 0.25) is 5.91 Å². The van der Waals surface area contributed by atoms with Crippen molar-refractivity contribution < 1.29 is 9.90 Å². The first-order valence-electron chi connectivity index (χ1n) is 8.58. The highest BCUT2D eigenvalue weighted by Gasteiger charge is 2.28. The second kappa shape index (κ2) is 7.46. The van der Waals surface area contributed by atoms with Gasteiger partial charge in [-0.3, -0.25) is 4.79 Å². The second-order valence-corrected chi connectivity index (χ2v) is 6.77. The summed E-state index contributed by atoms with van der Waals surface area (Å²) in [5, 5.41) is 12.9. The number of amides is 1. The van der Waals surface area contributed by atoms with Crippen LogP contribution in [0.15, 0.2) is 48.5 Å². The Balaban J connectivity index is 0.00000182. The highest BCUT2D eigenvalue weighted by Crippen LogP contribution is 2.33. The highest BCUT2D eigenvalue weighted by molar-refractivity contribution is 5.85. The molecule has 1 fully saturated rings. The number of aryl methyl sites for hydroxylation is 1. The molecule has 4 nitrogen and oxygen atoms in total. The van der Waals surface area contributed by atoms with Crippen LogP contribution in [0, 0.1) is 0 Å². The molecule has 1 unspecified atom stereocenters. The summed E-state index contributed by atoms with van der Waals surface area (Å²) in [6.45, 7) is 0.953. The van der Waals surface area contributed by atoms with Crippen LogP contribution in [0.5, 0.6) is 0 Å². The van der Waals surface area contributed by atoms with Gasteiger partial charge in [0.25, 0.3) is 0 Å². The van der Waals surface area contributed by atoms with Crippen molar-refractivity contribution in [3.63, 3.8) is 0 Å². The molecular weight excluding hydrogens is 336 g/mol.